The number of H-pyrrole nitrogens is 1. The molecule has 1 heterocycles. The summed E-state index contributed by atoms with van der Waals surface area (Å²) < 4.78 is 26.9. The van der Waals surface area contributed by atoms with Crippen LogP contribution in [0.25, 0.3) is 10.9 Å². The molecule has 0 atom stereocenters. The Morgan fingerprint density at radius 2 is 1.97 bits per heavy atom. The maximum absolute atomic E-state index is 12.6. The van der Waals surface area contributed by atoms with Crippen LogP contribution in [0.3, 0.4) is 0 Å². The lowest BCUT2D eigenvalue weighted by Gasteiger charge is -2.07. The van der Waals surface area contributed by atoms with Crippen LogP contribution in [0.1, 0.15) is 41.4 Å². The Kier molecular flexibility index (Phi) is 6.49. The highest BCUT2D eigenvalue weighted by molar-refractivity contribution is 7.92. The number of aromatic nitrogens is 1. The molecule has 29 heavy (non-hydrogen) atoms. The van der Waals surface area contributed by atoms with E-state index in [-0.39, 0.29) is 11.7 Å². The number of amides is 1. The Hall–Kier alpha value is -2.51. The fraction of sp³-hybridized carbons (Fsp3) is 0.286. The van der Waals surface area contributed by atoms with Crippen LogP contribution in [-0.4, -0.2) is 25.1 Å². The van der Waals surface area contributed by atoms with E-state index in [0.29, 0.717) is 29.4 Å². The average Bonchev–Trinajstić information content (AvgIpc) is 3.01. The van der Waals surface area contributed by atoms with Crippen molar-refractivity contribution in [3.63, 3.8) is 0 Å². The molecule has 0 saturated heterocycles. The predicted molar refractivity (Wildman–Crippen MR) is 118 cm³/mol. The lowest BCUT2D eigenvalue weighted by molar-refractivity contribution is 0.0946. The highest BCUT2D eigenvalue weighted by atomic mass is 35.5. The highest BCUT2D eigenvalue weighted by Gasteiger charge is 2.16. The van der Waals surface area contributed by atoms with Gasteiger partial charge in [0.25, 0.3) is 5.91 Å². The fourth-order valence-corrected chi connectivity index (χ4v) is 4.57. The van der Waals surface area contributed by atoms with Crippen molar-refractivity contribution in [2.75, 3.05) is 10.5 Å². The topological polar surface area (TPSA) is 91.1 Å². The summed E-state index contributed by atoms with van der Waals surface area (Å²) in [6, 6.07) is 12.5. The highest BCUT2D eigenvalue weighted by Crippen LogP contribution is 2.26. The number of carbonyl (C=O) groups is 1. The largest absolute Gasteiger partial charge is 0.350 e. The number of fused-ring (bicyclic) bond motifs is 1. The summed E-state index contributed by atoms with van der Waals surface area (Å²) in [5.74, 6) is -0.145. The number of nitrogens with one attached hydrogen (secondary N) is 3. The second-order valence-electron chi connectivity index (χ2n) is 6.97. The van der Waals surface area contributed by atoms with Crippen LogP contribution in [0, 0.1) is 6.92 Å². The maximum Gasteiger partial charge on any atom is 0.268 e. The number of carbonyl (C=O) groups excluding carboxylic acids is 1. The van der Waals surface area contributed by atoms with Gasteiger partial charge in [0, 0.05) is 28.2 Å². The van der Waals surface area contributed by atoms with Crippen molar-refractivity contribution < 1.29 is 13.2 Å². The monoisotopic (exact) mass is 433 g/mol. The number of sulfonamides is 1. The van der Waals surface area contributed by atoms with E-state index in [1.165, 1.54) is 0 Å². The minimum Gasteiger partial charge on any atom is -0.350 e. The molecule has 6 nitrogen and oxygen atoms in total. The molecule has 0 aliphatic carbocycles. The van der Waals surface area contributed by atoms with E-state index < -0.39 is 10.0 Å². The Balaban J connectivity index is 1.77. The smallest absolute Gasteiger partial charge is 0.268 e. The van der Waals surface area contributed by atoms with E-state index in [4.69, 9.17) is 11.6 Å². The Morgan fingerprint density at radius 3 is 2.69 bits per heavy atom. The van der Waals surface area contributed by atoms with E-state index in [2.05, 4.69) is 15.0 Å². The number of hydrogen-bond acceptors (Lipinski definition) is 3. The van der Waals surface area contributed by atoms with Gasteiger partial charge < -0.3 is 10.3 Å². The molecule has 1 amide bonds. The number of anilines is 1. The normalized spacial score (nSPS) is 11.6. The molecule has 0 bridgehead atoms. The van der Waals surface area contributed by atoms with Crippen molar-refractivity contribution in [3.8, 4) is 0 Å². The summed E-state index contributed by atoms with van der Waals surface area (Å²) in [4.78, 5) is 15.8. The third-order valence-corrected chi connectivity index (χ3v) is 6.28. The first-order chi connectivity index (χ1) is 13.8. The molecule has 0 radical (unpaired) electrons. The zero-order chi connectivity index (χ0) is 21.0. The summed E-state index contributed by atoms with van der Waals surface area (Å²) in [6.45, 7) is 4.14. The number of aromatic amines is 1. The zero-order valence-corrected chi connectivity index (χ0v) is 18.0. The Morgan fingerprint density at radius 1 is 1.17 bits per heavy atom. The van der Waals surface area contributed by atoms with Gasteiger partial charge in [0.05, 0.1) is 5.75 Å². The van der Waals surface area contributed by atoms with Crippen molar-refractivity contribution in [2.45, 2.75) is 33.2 Å². The first kappa shape index (κ1) is 21.2. The Labute approximate surface area is 175 Å². The van der Waals surface area contributed by atoms with Gasteiger partial charge in [-0.25, -0.2) is 8.42 Å². The number of unbranched alkanes of at least 4 members (excludes halogenated alkanes) is 1. The molecule has 1 aromatic heterocycles. The molecule has 0 aliphatic heterocycles. The van der Waals surface area contributed by atoms with Gasteiger partial charge in [0.2, 0.25) is 10.0 Å². The second kappa shape index (κ2) is 8.88. The number of halogens is 1. The summed E-state index contributed by atoms with van der Waals surface area (Å²) in [6.07, 6.45) is 1.42. The summed E-state index contributed by atoms with van der Waals surface area (Å²) in [5.41, 5.74) is 3.38. The number of rotatable bonds is 8. The van der Waals surface area contributed by atoms with E-state index in [1.807, 2.05) is 26.0 Å². The van der Waals surface area contributed by atoms with Crippen LogP contribution in [0.2, 0.25) is 5.02 Å². The van der Waals surface area contributed by atoms with Crippen LogP contribution in [-0.2, 0) is 16.6 Å². The van der Waals surface area contributed by atoms with Crippen molar-refractivity contribution in [1.82, 2.24) is 10.3 Å². The predicted octanol–water partition coefficient (Wildman–Crippen LogP) is 4.60. The zero-order valence-electron chi connectivity index (χ0n) is 16.4. The van der Waals surface area contributed by atoms with Gasteiger partial charge in [-0.15, -0.1) is 0 Å². The molecule has 0 spiro atoms. The fourth-order valence-electron chi connectivity index (χ4n) is 3.10. The summed E-state index contributed by atoms with van der Waals surface area (Å²) in [5, 5.41) is 4.30. The SMILES string of the molecule is CCCCS(=O)(=O)Nc1ccc2[nH]c(C(=O)NCc3cccc(Cl)c3)c(C)c2c1. The molecule has 0 aliphatic rings. The average molecular weight is 434 g/mol. The number of benzene rings is 2. The van der Waals surface area contributed by atoms with E-state index in [1.54, 1.807) is 30.3 Å². The molecule has 0 saturated carbocycles. The third-order valence-electron chi connectivity index (χ3n) is 4.67. The summed E-state index contributed by atoms with van der Waals surface area (Å²) >= 11 is 5.98. The summed E-state index contributed by atoms with van der Waals surface area (Å²) in [7, 11) is -3.38. The van der Waals surface area contributed by atoms with Crippen molar-refractivity contribution in [2.24, 2.45) is 0 Å². The molecular weight excluding hydrogens is 410 g/mol. The van der Waals surface area contributed by atoms with Gasteiger partial charge >= 0.3 is 0 Å². The van der Waals surface area contributed by atoms with Crippen LogP contribution in [0.4, 0.5) is 5.69 Å². The van der Waals surface area contributed by atoms with Gasteiger partial charge in [0.15, 0.2) is 0 Å². The molecule has 154 valence electrons. The van der Waals surface area contributed by atoms with Gasteiger partial charge in [-0.2, -0.15) is 0 Å². The second-order valence-corrected chi connectivity index (χ2v) is 9.25. The minimum absolute atomic E-state index is 0.0881. The molecule has 2 aromatic carbocycles. The molecule has 0 unspecified atom stereocenters. The van der Waals surface area contributed by atoms with Crippen LogP contribution in [0.5, 0.6) is 0 Å². The van der Waals surface area contributed by atoms with Gasteiger partial charge in [-0.05, 0) is 54.8 Å². The lowest BCUT2D eigenvalue weighted by atomic mass is 10.1. The van der Waals surface area contributed by atoms with Crippen LogP contribution < -0.4 is 10.0 Å². The number of hydrogen-bond donors (Lipinski definition) is 3. The third kappa shape index (κ3) is 5.31. The van der Waals surface area contributed by atoms with Gasteiger partial charge in [-0.3, -0.25) is 9.52 Å². The Bertz CT molecular complexity index is 1140. The molecular formula is C21H24ClN3O3S. The molecule has 3 aromatic rings. The van der Waals surface area contributed by atoms with E-state index in [0.717, 1.165) is 28.5 Å². The molecule has 0 fully saturated rings. The standard InChI is InChI=1S/C21H24ClN3O3S/c1-3-4-10-29(27,28)25-17-8-9-19-18(12-17)14(2)20(24-19)21(26)23-13-15-6-5-7-16(22)11-15/h5-9,11-12,24-25H,3-4,10,13H2,1-2H3,(H,23,26). The molecule has 3 N–H and O–H groups in total. The van der Waals surface area contributed by atoms with E-state index >= 15 is 0 Å². The molecule has 3 rings (SSSR count). The maximum atomic E-state index is 12.6. The number of aryl methyl sites for hydroxylation is 1. The van der Waals surface area contributed by atoms with Crippen molar-refractivity contribution in [3.05, 3.63) is 64.3 Å². The van der Waals surface area contributed by atoms with Crippen molar-refractivity contribution in [1.29, 1.82) is 0 Å². The van der Waals surface area contributed by atoms with E-state index in [9.17, 15) is 13.2 Å². The lowest BCUT2D eigenvalue weighted by Crippen LogP contribution is -2.23. The molecule has 8 heteroatoms. The van der Waals surface area contributed by atoms with Gasteiger partial charge in [0.1, 0.15) is 5.69 Å². The first-order valence-electron chi connectivity index (χ1n) is 9.44. The minimum atomic E-state index is -3.38. The van der Waals surface area contributed by atoms with Crippen LogP contribution in [0.15, 0.2) is 42.5 Å². The van der Waals surface area contributed by atoms with Crippen LogP contribution >= 0.6 is 11.6 Å². The van der Waals surface area contributed by atoms with Crippen molar-refractivity contribution >= 4 is 44.1 Å². The first-order valence-corrected chi connectivity index (χ1v) is 11.5. The quantitative estimate of drug-likeness (QED) is 0.484. The van der Waals surface area contributed by atoms with Gasteiger partial charge in [-0.1, -0.05) is 37.1 Å².